The summed E-state index contributed by atoms with van der Waals surface area (Å²) >= 11 is 4.48. The lowest BCUT2D eigenvalue weighted by Crippen LogP contribution is -1.97. The molecule has 2 nitrogen and oxygen atoms in total. The average molecular weight is 252 g/mol. The van der Waals surface area contributed by atoms with E-state index in [1.807, 2.05) is 53.1 Å². The van der Waals surface area contributed by atoms with Crippen LogP contribution in [0.5, 0.6) is 0 Å². The van der Waals surface area contributed by atoms with Crippen molar-refractivity contribution in [1.82, 2.24) is 9.55 Å². The van der Waals surface area contributed by atoms with Gasteiger partial charge in [0, 0.05) is 11.3 Å². The highest BCUT2D eigenvalue weighted by molar-refractivity contribution is 7.80. The monoisotopic (exact) mass is 252 g/mol. The minimum atomic E-state index is 0.833. The van der Waals surface area contributed by atoms with Crippen molar-refractivity contribution in [1.29, 1.82) is 0 Å². The van der Waals surface area contributed by atoms with Crippen molar-refractivity contribution in [2.45, 2.75) is 5.03 Å². The molecule has 2 aromatic carbocycles. The van der Waals surface area contributed by atoms with E-state index in [1.165, 1.54) is 0 Å². The molecule has 0 saturated carbocycles. The molecule has 0 N–H and O–H groups in total. The maximum absolute atomic E-state index is 4.48. The van der Waals surface area contributed by atoms with E-state index < -0.39 is 0 Å². The number of rotatable bonds is 2. The van der Waals surface area contributed by atoms with Crippen LogP contribution < -0.4 is 0 Å². The second kappa shape index (κ2) is 4.70. The number of thiol groups is 1. The first-order chi connectivity index (χ1) is 8.86. The predicted octanol–water partition coefficient (Wildman–Crippen LogP) is 3.83. The zero-order valence-corrected chi connectivity index (χ0v) is 10.6. The minimum Gasteiger partial charge on any atom is -0.287 e. The van der Waals surface area contributed by atoms with E-state index in [-0.39, 0.29) is 0 Å². The number of para-hydroxylation sites is 1. The first-order valence-electron chi connectivity index (χ1n) is 5.74. The van der Waals surface area contributed by atoms with E-state index in [0.29, 0.717) is 0 Å². The van der Waals surface area contributed by atoms with Gasteiger partial charge in [-0.2, -0.15) is 0 Å². The molecule has 0 unspecified atom stereocenters. The van der Waals surface area contributed by atoms with Crippen molar-refractivity contribution >= 4 is 12.6 Å². The van der Waals surface area contributed by atoms with E-state index in [0.717, 1.165) is 22.1 Å². The van der Waals surface area contributed by atoms with Gasteiger partial charge in [0.15, 0.2) is 0 Å². The van der Waals surface area contributed by atoms with Gasteiger partial charge in [-0.25, -0.2) is 4.98 Å². The second-order valence-corrected chi connectivity index (χ2v) is 4.44. The quantitative estimate of drug-likeness (QED) is 0.686. The van der Waals surface area contributed by atoms with Crippen LogP contribution in [0.25, 0.3) is 17.1 Å². The molecule has 0 spiro atoms. The standard InChI is InChI=1S/C15H12N2S/c18-14-11-16-15(12-7-3-1-4-8-12)17(14)13-9-5-2-6-10-13/h1-11,18H. The number of nitrogens with zero attached hydrogens (tertiary/aromatic N) is 2. The molecule has 1 heterocycles. The summed E-state index contributed by atoms with van der Waals surface area (Å²) in [5.41, 5.74) is 2.15. The molecule has 88 valence electrons. The summed E-state index contributed by atoms with van der Waals surface area (Å²) in [6.45, 7) is 0. The van der Waals surface area contributed by atoms with Crippen LogP contribution in [-0.4, -0.2) is 9.55 Å². The lowest BCUT2D eigenvalue weighted by molar-refractivity contribution is 0.965. The van der Waals surface area contributed by atoms with Gasteiger partial charge in [0.05, 0.1) is 11.2 Å². The summed E-state index contributed by atoms with van der Waals surface area (Å²) in [5.74, 6) is 0.909. The van der Waals surface area contributed by atoms with Crippen molar-refractivity contribution in [2.75, 3.05) is 0 Å². The zero-order chi connectivity index (χ0) is 12.4. The molecule has 18 heavy (non-hydrogen) atoms. The predicted molar refractivity (Wildman–Crippen MR) is 76.3 cm³/mol. The highest BCUT2D eigenvalue weighted by Crippen LogP contribution is 2.25. The fourth-order valence-electron chi connectivity index (χ4n) is 1.97. The summed E-state index contributed by atoms with van der Waals surface area (Å²) in [6, 6.07) is 20.2. The normalized spacial score (nSPS) is 10.5. The van der Waals surface area contributed by atoms with E-state index in [1.54, 1.807) is 6.20 Å². The van der Waals surface area contributed by atoms with E-state index in [4.69, 9.17) is 0 Å². The summed E-state index contributed by atoms with van der Waals surface area (Å²) in [5, 5.41) is 0.833. The Morgan fingerprint density at radius 1 is 0.833 bits per heavy atom. The number of benzene rings is 2. The summed E-state index contributed by atoms with van der Waals surface area (Å²) in [6.07, 6.45) is 1.78. The molecule has 0 atom stereocenters. The van der Waals surface area contributed by atoms with Crippen LogP contribution in [0.4, 0.5) is 0 Å². The smallest absolute Gasteiger partial charge is 0.145 e. The van der Waals surface area contributed by atoms with E-state index in [2.05, 4.69) is 29.7 Å². The minimum absolute atomic E-state index is 0.833. The van der Waals surface area contributed by atoms with Crippen LogP contribution in [0.2, 0.25) is 0 Å². The lowest BCUT2D eigenvalue weighted by atomic mass is 10.2. The largest absolute Gasteiger partial charge is 0.287 e. The Morgan fingerprint density at radius 2 is 1.44 bits per heavy atom. The van der Waals surface area contributed by atoms with Gasteiger partial charge >= 0.3 is 0 Å². The molecule has 0 amide bonds. The fourth-order valence-corrected chi connectivity index (χ4v) is 2.23. The molecule has 0 aliphatic heterocycles. The lowest BCUT2D eigenvalue weighted by Gasteiger charge is -2.09. The Balaban J connectivity index is 2.19. The number of hydrogen-bond acceptors (Lipinski definition) is 2. The van der Waals surface area contributed by atoms with Crippen LogP contribution in [0.15, 0.2) is 71.9 Å². The molecule has 3 aromatic rings. The highest BCUT2D eigenvalue weighted by atomic mass is 32.1. The van der Waals surface area contributed by atoms with Gasteiger partial charge in [-0.05, 0) is 12.1 Å². The molecule has 3 heteroatoms. The molecule has 0 saturated heterocycles. The molecule has 1 aromatic heterocycles. The highest BCUT2D eigenvalue weighted by Gasteiger charge is 2.10. The van der Waals surface area contributed by atoms with Gasteiger partial charge in [0.2, 0.25) is 0 Å². The summed E-state index contributed by atoms with van der Waals surface area (Å²) in [7, 11) is 0. The van der Waals surface area contributed by atoms with Crippen LogP contribution in [0, 0.1) is 0 Å². The van der Waals surface area contributed by atoms with Crippen molar-refractivity contribution in [3.8, 4) is 17.1 Å². The molecular formula is C15H12N2S. The van der Waals surface area contributed by atoms with Crippen molar-refractivity contribution < 1.29 is 0 Å². The maximum Gasteiger partial charge on any atom is 0.145 e. The number of hydrogen-bond donors (Lipinski definition) is 1. The van der Waals surface area contributed by atoms with Crippen LogP contribution in [-0.2, 0) is 0 Å². The van der Waals surface area contributed by atoms with Crippen LogP contribution >= 0.6 is 12.6 Å². The molecule has 0 aliphatic rings. The van der Waals surface area contributed by atoms with Gasteiger partial charge in [-0.3, -0.25) is 4.57 Å². The first kappa shape index (κ1) is 11.1. The Morgan fingerprint density at radius 3 is 2.11 bits per heavy atom. The van der Waals surface area contributed by atoms with Crippen molar-refractivity contribution in [3.63, 3.8) is 0 Å². The van der Waals surface area contributed by atoms with Crippen LogP contribution in [0.3, 0.4) is 0 Å². The Hall–Kier alpha value is -2.00. The van der Waals surface area contributed by atoms with Gasteiger partial charge in [-0.15, -0.1) is 12.6 Å². The summed E-state index contributed by atoms with van der Waals surface area (Å²) < 4.78 is 2.04. The molecule has 0 fully saturated rings. The topological polar surface area (TPSA) is 17.8 Å². The van der Waals surface area contributed by atoms with Gasteiger partial charge in [-0.1, -0.05) is 48.5 Å². The van der Waals surface area contributed by atoms with Crippen molar-refractivity contribution in [2.24, 2.45) is 0 Å². The third kappa shape index (κ3) is 1.93. The maximum atomic E-state index is 4.48. The van der Waals surface area contributed by atoms with Crippen molar-refractivity contribution in [3.05, 3.63) is 66.9 Å². The molecule has 3 rings (SSSR count). The molecule has 0 aliphatic carbocycles. The number of aromatic nitrogens is 2. The Kier molecular flexibility index (Phi) is 2.90. The molecular weight excluding hydrogens is 240 g/mol. The van der Waals surface area contributed by atoms with Gasteiger partial charge in [0.25, 0.3) is 0 Å². The van der Waals surface area contributed by atoms with E-state index in [9.17, 15) is 0 Å². The zero-order valence-electron chi connectivity index (χ0n) is 9.69. The van der Waals surface area contributed by atoms with E-state index >= 15 is 0 Å². The van der Waals surface area contributed by atoms with Crippen LogP contribution in [0.1, 0.15) is 0 Å². The second-order valence-electron chi connectivity index (χ2n) is 3.98. The Bertz CT molecular complexity index is 645. The third-order valence-corrected chi connectivity index (χ3v) is 3.11. The SMILES string of the molecule is Sc1cnc(-c2ccccc2)n1-c1ccccc1. The first-order valence-corrected chi connectivity index (χ1v) is 6.18. The average Bonchev–Trinajstić information content (AvgIpc) is 2.83. The number of imidazole rings is 1. The molecule has 0 bridgehead atoms. The molecule has 0 radical (unpaired) electrons. The Labute approximate surface area is 111 Å². The fraction of sp³-hybridized carbons (Fsp3) is 0. The summed E-state index contributed by atoms with van der Waals surface area (Å²) in [4.78, 5) is 4.45. The van der Waals surface area contributed by atoms with Gasteiger partial charge < -0.3 is 0 Å². The third-order valence-electron chi connectivity index (χ3n) is 2.79. The van der Waals surface area contributed by atoms with Gasteiger partial charge in [0.1, 0.15) is 5.82 Å².